The summed E-state index contributed by atoms with van der Waals surface area (Å²) in [6, 6.07) is 16.3. The van der Waals surface area contributed by atoms with Gasteiger partial charge in [0.1, 0.15) is 0 Å². The molecule has 0 aliphatic rings. The van der Waals surface area contributed by atoms with E-state index in [1.165, 1.54) is 16.7 Å². The number of thioether (sulfide) groups is 1. The third-order valence-corrected chi connectivity index (χ3v) is 5.48. The van der Waals surface area contributed by atoms with Crippen LogP contribution >= 0.6 is 11.8 Å². The first-order valence-electron chi connectivity index (χ1n) is 9.97. The second-order valence-electron chi connectivity index (χ2n) is 8.34. The topological polar surface area (TPSA) is 71.8 Å². The van der Waals surface area contributed by atoms with E-state index in [1.54, 1.807) is 11.8 Å². The number of urea groups is 1. The van der Waals surface area contributed by atoms with E-state index in [9.17, 15) is 4.79 Å². The SMILES string of the molecule is Cc1ccc(-n2c(CNC(=O)NC(C)(C)C)nnc2SCc2ccccc2C)cc1. The molecule has 7 heteroatoms. The van der Waals surface area contributed by atoms with Crippen molar-refractivity contribution < 1.29 is 4.79 Å². The molecule has 30 heavy (non-hydrogen) atoms. The maximum atomic E-state index is 12.2. The lowest BCUT2D eigenvalue weighted by Gasteiger charge is -2.20. The fourth-order valence-electron chi connectivity index (χ4n) is 2.92. The Bertz CT molecular complexity index is 1010. The van der Waals surface area contributed by atoms with E-state index in [0.717, 1.165) is 16.6 Å². The van der Waals surface area contributed by atoms with E-state index < -0.39 is 0 Å². The van der Waals surface area contributed by atoms with Gasteiger partial charge >= 0.3 is 6.03 Å². The molecule has 3 aromatic rings. The Morgan fingerprint density at radius 3 is 2.40 bits per heavy atom. The second kappa shape index (κ2) is 9.34. The van der Waals surface area contributed by atoms with Crippen LogP contribution in [-0.2, 0) is 12.3 Å². The second-order valence-corrected chi connectivity index (χ2v) is 9.29. The van der Waals surface area contributed by atoms with E-state index in [1.807, 2.05) is 31.4 Å². The predicted molar refractivity (Wildman–Crippen MR) is 122 cm³/mol. The van der Waals surface area contributed by atoms with Crippen molar-refractivity contribution in [3.8, 4) is 5.69 Å². The standard InChI is InChI=1S/C23H29N5OS/c1-16-10-12-19(13-11-16)28-20(14-24-21(29)25-23(3,4)5)26-27-22(28)30-15-18-9-7-6-8-17(18)2/h6-13H,14-15H2,1-5H3,(H2,24,25,29). The van der Waals surface area contributed by atoms with Gasteiger partial charge in [-0.25, -0.2) is 4.79 Å². The van der Waals surface area contributed by atoms with Gasteiger partial charge in [-0.2, -0.15) is 0 Å². The number of nitrogens with zero attached hydrogens (tertiary/aromatic N) is 3. The molecule has 2 aromatic carbocycles. The number of hydrogen-bond donors (Lipinski definition) is 2. The first-order chi connectivity index (χ1) is 14.2. The number of hydrogen-bond acceptors (Lipinski definition) is 4. The molecule has 0 saturated carbocycles. The van der Waals surface area contributed by atoms with Crippen molar-refractivity contribution in [2.75, 3.05) is 0 Å². The van der Waals surface area contributed by atoms with Gasteiger partial charge in [0, 0.05) is 17.0 Å². The lowest BCUT2D eigenvalue weighted by Crippen LogP contribution is -2.46. The number of nitrogens with one attached hydrogen (secondary N) is 2. The number of amides is 2. The molecule has 0 unspecified atom stereocenters. The van der Waals surface area contributed by atoms with Crippen LogP contribution in [0.1, 0.15) is 43.3 Å². The molecule has 0 saturated heterocycles. The van der Waals surface area contributed by atoms with Crippen molar-refractivity contribution in [1.82, 2.24) is 25.4 Å². The molecule has 0 spiro atoms. The van der Waals surface area contributed by atoms with Gasteiger partial charge in [-0.1, -0.05) is 53.7 Å². The zero-order valence-corrected chi connectivity index (χ0v) is 19.0. The Balaban J connectivity index is 1.83. The summed E-state index contributed by atoms with van der Waals surface area (Å²) in [6.07, 6.45) is 0. The smallest absolute Gasteiger partial charge is 0.315 e. The lowest BCUT2D eigenvalue weighted by atomic mass is 10.1. The van der Waals surface area contributed by atoms with Gasteiger partial charge in [0.05, 0.1) is 6.54 Å². The van der Waals surface area contributed by atoms with Gasteiger partial charge in [-0.05, 0) is 57.9 Å². The van der Waals surface area contributed by atoms with Crippen LogP contribution in [-0.4, -0.2) is 26.3 Å². The van der Waals surface area contributed by atoms with E-state index in [4.69, 9.17) is 0 Å². The minimum absolute atomic E-state index is 0.227. The van der Waals surface area contributed by atoms with Crippen molar-refractivity contribution in [3.05, 3.63) is 71.0 Å². The fraction of sp³-hybridized carbons (Fsp3) is 0.348. The Morgan fingerprint density at radius 1 is 1.03 bits per heavy atom. The Labute approximate surface area is 182 Å². The molecule has 0 aliphatic heterocycles. The fourth-order valence-corrected chi connectivity index (χ4v) is 3.97. The number of carbonyl (C=O) groups is 1. The van der Waals surface area contributed by atoms with Gasteiger partial charge in [0.2, 0.25) is 0 Å². The third kappa shape index (κ3) is 5.86. The van der Waals surface area contributed by atoms with Crippen LogP contribution in [0.5, 0.6) is 0 Å². The van der Waals surface area contributed by atoms with Crippen LogP contribution in [0, 0.1) is 13.8 Å². The molecule has 0 atom stereocenters. The molecule has 2 N–H and O–H groups in total. The molecule has 2 amide bonds. The maximum absolute atomic E-state index is 12.2. The first kappa shape index (κ1) is 21.9. The van der Waals surface area contributed by atoms with Crippen LogP contribution in [0.4, 0.5) is 4.79 Å². The predicted octanol–water partition coefficient (Wildman–Crippen LogP) is 4.77. The summed E-state index contributed by atoms with van der Waals surface area (Å²) in [5, 5.41) is 15.4. The highest BCUT2D eigenvalue weighted by atomic mass is 32.2. The molecule has 0 aliphatic carbocycles. The summed E-state index contributed by atoms with van der Waals surface area (Å²) >= 11 is 1.64. The Hall–Kier alpha value is -2.80. The Kier molecular flexibility index (Phi) is 6.82. The van der Waals surface area contributed by atoms with E-state index in [2.05, 4.69) is 77.1 Å². The first-order valence-corrected chi connectivity index (χ1v) is 11.0. The molecule has 0 radical (unpaired) electrons. The minimum atomic E-state index is -0.302. The van der Waals surface area contributed by atoms with Crippen molar-refractivity contribution >= 4 is 17.8 Å². The highest BCUT2D eigenvalue weighted by molar-refractivity contribution is 7.98. The van der Waals surface area contributed by atoms with Gasteiger partial charge in [-0.3, -0.25) is 4.57 Å². The van der Waals surface area contributed by atoms with Crippen LogP contribution < -0.4 is 10.6 Å². The zero-order chi connectivity index (χ0) is 21.7. The van der Waals surface area contributed by atoms with Gasteiger partial charge < -0.3 is 10.6 Å². The van der Waals surface area contributed by atoms with Crippen LogP contribution in [0.15, 0.2) is 53.7 Å². The zero-order valence-electron chi connectivity index (χ0n) is 18.2. The monoisotopic (exact) mass is 423 g/mol. The van der Waals surface area contributed by atoms with Crippen molar-refractivity contribution in [1.29, 1.82) is 0 Å². The van der Waals surface area contributed by atoms with Crippen molar-refractivity contribution in [2.45, 2.75) is 57.6 Å². The van der Waals surface area contributed by atoms with Crippen molar-refractivity contribution in [3.63, 3.8) is 0 Å². The van der Waals surface area contributed by atoms with Crippen LogP contribution in [0.3, 0.4) is 0 Å². The normalized spacial score (nSPS) is 11.4. The van der Waals surface area contributed by atoms with Gasteiger partial charge in [0.15, 0.2) is 11.0 Å². The van der Waals surface area contributed by atoms with E-state index in [0.29, 0.717) is 5.82 Å². The van der Waals surface area contributed by atoms with Crippen LogP contribution in [0.2, 0.25) is 0 Å². The molecule has 6 nitrogen and oxygen atoms in total. The average molecular weight is 424 g/mol. The van der Waals surface area contributed by atoms with E-state index in [-0.39, 0.29) is 18.1 Å². The minimum Gasteiger partial charge on any atom is -0.334 e. The number of aromatic nitrogens is 3. The molecule has 1 aromatic heterocycles. The van der Waals surface area contributed by atoms with Gasteiger partial charge in [0.25, 0.3) is 0 Å². The average Bonchev–Trinajstić information content (AvgIpc) is 3.08. The summed E-state index contributed by atoms with van der Waals surface area (Å²) < 4.78 is 2.01. The van der Waals surface area contributed by atoms with Gasteiger partial charge in [-0.15, -0.1) is 10.2 Å². The Morgan fingerprint density at radius 2 is 1.73 bits per heavy atom. The quantitative estimate of drug-likeness (QED) is 0.560. The summed E-state index contributed by atoms with van der Waals surface area (Å²) in [5.74, 6) is 1.49. The van der Waals surface area contributed by atoms with Crippen LogP contribution in [0.25, 0.3) is 5.69 Å². The number of aryl methyl sites for hydroxylation is 2. The molecule has 1 heterocycles. The van der Waals surface area contributed by atoms with Crippen molar-refractivity contribution in [2.24, 2.45) is 0 Å². The maximum Gasteiger partial charge on any atom is 0.315 e. The van der Waals surface area contributed by atoms with E-state index >= 15 is 0 Å². The summed E-state index contributed by atoms with van der Waals surface area (Å²) in [6.45, 7) is 10.3. The molecule has 3 rings (SSSR count). The lowest BCUT2D eigenvalue weighted by molar-refractivity contribution is 0.231. The molecular formula is C23H29N5OS. The number of benzene rings is 2. The number of rotatable bonds is 6. The number of carbonyl (C=O) groups excluding carboxylic acids is 1. The molecule has 0 fully saturated rings. The summed E-state index contributed by atoms with van der Waals surface area (Å²) in [4.78, 5) is 12.2. The largest absolute Gasteiger partial charge is 0.334 e. The highest BCUT2D eigenvalue weighted by Crippen LogP contribution is 2.26. The molecule has 158 valence electrons. The molecular weight excluding hydrogens is 394 g/mol. The highest BCUT2D eigenvalue weighted by Gasteiger charge is 2.17. The molecule has 0 bridgehead atoms. The summed E-state index contributed by atoms with van der Waals surface area (Å²) in [5.41, 5.74) is 4.39. The summed E-state index contributed by atoms with van der Waals surface area (Å²) in [7, 11) is 0. The third-order valence-electron chi connectivity index (χ3n) is 4.51.